The number of nitrogens with one attached hydrogen (secondary N) is 2. The van der Waals surface area contributed by atoms with E-state index >= 15 is 0 Å². The molecule has 0 spiro atoms. The monoisotopic (exact) mass is 350 g/mol. The van der Waals surface area contributed by atoms with Crippen LogP contribution in [0, 0.1) is 0 Å². The lowest BCUT2D eigenvalue weighted by molar-refractivity contribution is 0.578. The lowest BCUT2D eigenvalue weighted by atomic mass is 10.2. The molecule has 1 aromatic rings. The van der Waals surface area contributed by atoms with Crippen molar-refractivity contribution < 1.29 is 8.42 Å². The summed E-state index contributed by atoms with van der Waals surface area (Å²) in [6.45, 7) is 5.12. The van der Waals surface area contributed by atoms with E-state index in [0.717, 1.165) is 17.7 Å². The third-order valence-corrected chi connectivity index (χ3v) is 5.46. The van der Waals surface area contributed by atoms with Gasteiger partial charge < -0.3 is 5.32 Å². The molecule has 0 aliphatic rings. The molecule has 0 aliphatic carbocycles. The van der Waals surface area contributed by atoms with Gasteiger partial charge in [0, 0.05) is 19.1 Å². The van der Waals surface area contributed by atoms with Gasteiger partial charge in [-0.25, -0.2) is 13.1 Å². The Morgan fingerprint density at radius 1 is 1.33 bits per heavy atom. The quantitative estimate of drug-likeness (QED) is 0.672. The van der Waals surface area contributed by atoms with Crippen molar-refractivity contribution in [2.45, 2.75) is 37.8 Å². The Kier molecular flexibility index (Phi) is 8.05. The predicted octanol–water partition coefficient (Wildman–Crippen LogP) is 2.87. The highest BCUT2D eigenvalue weighted by molar-refractivity contribution is 7.98. The standard InChI is InChI=1S/C14H23ClN2O2S2/c1-11(2)16-10-12-5-6-13(15)14(9-12)21(18,19)17-7-4-8-20-3/h5-6,9,11,16-17H,4,7-8,10H2,1-3H3. The van der Waals surface area contributed by atoms with Crippen molar-refractivity contribution in [2.75, 3.05) is 18.6 Å². The van der Waals surface area contributed by atoms with Gasteiger partial charge >= 0.3 is 0 Å². The van der Waals surface area contributed by atoms with Gasteiger partial charge in [-0.15, -0.1) is 0 Å². The van der Waals surface area contributed by atoms with Crippen molar-refractivity contribution in [2.24, 2.45) is 0 Å². The van der Waals surface area contributed by atoms with Crippen LogP contribution in [0.25, 0.3) is 0 Å². The SMILES string of the molecule is CSCCCNS(=O)(=O)c1cc(CNC(C)C)ccc1Cl. The highest BCUT2D eigenvalue weighted by Crippen LogP contribution is 2.22. The molecule has 0 heterocycles. The molecule has 0 bridgehead atoms. The second-order valence-electron chi connectivity index (χ2n) is 5.04. The molecule has 21 heavy (non-hydrogen) atoms. The fourth-order valence-corrected chi connectivity index (χ4v) is 3.74. The van der Waals surface area contributed by atoms with Gasteiger partial charge in [-0.1, -0.05) is 31.5 Å². The van der Waals surface area contributed by atoms with Crippen molar-refractivity contribution in [1.29, 1.82) is 0 Å². The first-order chi connectivity index (χ1) is 9.86. The van der Waals surface area contributed by atoms with Crippen molar-refractivity contribution in [3.63, 3.8) is 0 Å². The minimum atomic E-state index is -3.55. The molecule has 2 N–H and O–H groups in total. The third kappa shape index (κ3) is 6.57. The zero-order valence-electron chi connectivity index (χ0n) is 12.6. The van der Waals surface area contributed by atoms with Crippen LogP contribution in [0.3, 0.4) is 0 Å². The molecule has 0 saturated carbocycles. The van der Waals surface area contributed by atoms with Gasteiger partial charge in [0.15, 0.2) is 0 Å². The van der Waals surface area contributed by atoms with Gasteiger partial charge in [0.05, 0.1) is 5.02 Å². The molecule has 0 saturated heterocycles. The van der Waals surface area contributed by atoms with E-state index in [0.29, 0.717) is 19.1 Å². The Morgan fingerprint density at radius 3 is 2.67 bits per heavy atom. The van der Waals surface area contributed by atoms with Gasteiger partial charge in [-0.05, 0) is 36.1 Å². The zero-order chi connectivity index (χ0) is 15.9. The zero-order valence-corrected chi connectivity index (χ0v) is 15.0. The molecular weight excluding hydrogens is 328 g/mol. The van der Waals surface area contributed by atoms with E-state index in [4.69, 9.17) is 11.6 Å². The number of rotatable bonds is 9. The molecule has 0 radical (unpaired) electrons. The molecule has 0 atom stereocenters. The van der Waals surface area contributed by atoms with Crippen LogP contribution in [-0.2, 0) is 16.6 Å². The van der Waals surface area contributed by atoms with Crippen LogP contribution in [0.5, 0.6) is 0 Å². The van der Waals surface area contributed by atoms with Gasteiger partial charge in [-0.2, -0.15) is 11.8 Å². The fraction of sp³-hybridized carbons (Fsp3) is 0.571. The summed E-state index contributed by atoms with van der Waals surface area (Å²) in [6.07, 6.45) is 2.79. The van der Waals surface area contributed by atoms with E-state index in [1.165, 1.54) is 0 Å². The summed E-state index contributed by atoms with van der Waals surface area (Å²) in [6, 6.07) is 5.44. The number of benzene rings is 1. The first-order valence-electron chi connectivity index (χ1n) is 6.87. The molecule has 1 rings (SSSR count). The van der Waals surface area contributed by atoms with Crippen molar-refractivity contribution in [3.05, 3.63) is 28.8 Å². The third-order valence-electron chi connectivity index (χ3n) is 2.82. The molecule has 4 nitrogen and oxygen atoms in total. The minimum absolute atomic E-state index is 0.149. The first-order valence-corrected chi connectivity index (χ1v) is 10.1. The van der Waals surface area contributed by atoms with Crippen LogP contribution in [0.1, 0.15) is 25.8 Å². The fourth-order valence-electron chi connectivity index (χ4n) is 1.69. The van der Waals surface area contributed by atoms with Crippen LogP contribution in [0.15, 0.2) is 23.1 Å². The van der Waals surface area contributed by atoms with Crippen LogP contribution in [-0.4, -0.2) is 33.0 Å². The number of halogens is 1. The van der Waals surface area contributed by atoms with E-state index in [-0.39, 0.29) is 9.92 Å². The van der Waals surface area contributed by atoms with Gasteiger partial charge in [-0.3, -0.25) is 0 Å². The van der Waals surface area contributed by atoms with Crippen molar-refractivity contribution >= 4 is 33.4 Å². The number of thioether (sulfide) groups is 1. The van der Waals surface area contributed by atoms with Crippen molar-refractivity contribution in [3.8, 4) is 0 Å². The van der Waals surface area contributed by atoms with Crippen LogP contribution >= 0.6 is 23.4 Å². The Bertz CT molecular complexity index is 548. The summed E-state index contributed by atoms with van der Waals surface area (Å²) in [7, 11) is -3.55. The molecule has 7 heteroatoms. The van der Waals surface area contributed by atoms with Crippen LogP contribution < -0.4 is 10.0 Å². The van der Waals surface area contributed by atoms with Gasteiger partial charge in [0.25, 0.3) is 0 Å². The molecule has 0 fully saturated rings. The van der Waals surface area contributed by atoms with Gasteiger partial charge in [0.2, 0.25) is 10.0 Å². The van der Waals surface area contributed by atoms with Crippen LogP contribution in [0.4, 0.5) is 0 Å². The maximum absolute atomic E-state index is 12.3. The molecule has 0 amide bonds. The summed E-state index contributed by atoms with van der Waals surface area (Å²) < 4.78 is 27.2. The summed E-state index contributed by atoms with van der Waals surface area (Å²) in [5, 5.41) is 3.51. The summed E-state index contributed by atoms with van der Waals surface area (Å²) in [5.74, 6) is 0.925. The number of hydrogen-bond acceptors (Lipinski definition) is 4. The van der Waals surface area contributed by atoms with Crippen molar-refractivity contribution in [1.82, 2.24) is 10.0 Å². The average Bonchev–Trinajstić information content (AvgIpc) is 2.42. The minimum Gasteiger partial charge on any atom is -0.310 e. The highest BCUT2D eigenvalue weighted by atomic mass is 35.5. The molecular formula is C14H23ClN2O2S2. The largest absolute Gasteiger partial charge is 0.310 e. The summed E-state index contributed by atoms with van der Waals surface area (Å²) >= 11 is 7.73. The average molecular weight is 351 g/mol. The number of hydrogen-bond donors (Lipinski definition) is 2. The molecule has 0 aliphatic heterocycles. The molecule has 1 aromatic carbocycles. The highest BCUT2D eigenvalue weighted by Gasteiger charge is 2.17. The first kappa shape index (κ1) is 18.8. The second kappa shape index (κ2) is 9.00. The molecule has 120 valence electrons. The van der Waals surface area contributed by atoms with E-state index in [1.807, 2.05) is 26.2 Å². The summed E-state index contributed by atoms with van der Waals surface area (Å²) in [4.78, 5) is 0.149. The molecule has 0 unspecified atom stereocenters. The Labute approximate surface area is 137 Å². The molecule has 0 aromatic heterocycles. The summed E-state index contributed by atoms with van der Waals surface area (Å²) in [5.41, 5.74) is 0.901. The Morgan fingerprint density at radius 2 is 2.05 bits per heavy atom. The normalized spacial score (nSPS) is 12.0. The lowest BCUT2D eigenvalue weighted by Crippen LogP contribution is -2.26. The van der Waals surface area contributed by atoms with E-state index in [1.54, 1.807) is 23.9 Å². The van der Waals surface area contributed by atoms with E-state index in [2.05, 4.69) is 10.0 Å². The maximum Gasteiger partial charge on any atom is 0.242 e. The Hall–Kier alpha value is -0.270. The maximum atomic E-state index is 12.3. The number of sulfonamides is 1. The lowest BCUT2D eigenvalue weighted by Gasteiger charge is -2.12. The Balaban J connectivity index is 2.81. The smallest absolute Gasteiger partial charge is 0.242 e. The second-order valence-corrected chi connectivity index (χ2v) is 8.17. The van der Waals surface area contributed by atoms with E-state index in [9.17, 15) is 8.42 Å². The van der Waals surface area contributed by atoms with Gasteiger partial charge in [0.1, 0.15) is 4.90 Å². The topological polar surface area (TPSA) is 58.2 Å². The van der Waals surface area contributed by atoms with Crippen LogP contribution in [0.2, 0.25) is 5.02 Å². The van der Waals surface area contributed by atoms with E-state index < -0.39 is 10.0 Å². The predicted molar refractivity (Wildman–Crippen MR) is 91.6 cm³/mol.